The van der Waals surface area contributed by atoms with Crippen molar-refractivity contribution >= 4 is 25.0 Å². The fourth-order valence-electron chi connectivity index (χ4n) is 2.02. The molecule has 0 radical (unpaired) electrons. The molecule has 1 aliphatic rings. The molecule has 0 N–H and O–H groups in total. The van der Waals surface area contributed by atoms with Crippen molar-refractivity contribution in [2.75, 3.05) is 19.8 Å². The minimum Gasteiger partial charge on any atom is -0.326 e. The number of hydrogen-bond donors (Lipinski definition) is 0. The molecule has 1 heterocycles. The first-order valence-corrected chi connectivity index (χ1v) is 9.44. The predicted octanol–water partition coefficient (Wildman–Crippen LogP) is 2.50. The number of rotatable bonds is 10. The van der Waals surface area contributed by atoms with E-state index in [2.05, 4.69) is 0 Å². The molecule has 0 aliphatic carbocycles. The van der Waals surface area contributed by atoms with Crippen molar-refractivity contribution in [3.8, 4) is 0 Å². The van der Waals surface area contributed by atoms with Crippen LogP contribution in [-0.4, -0.2) is 42.3 Å². The first-order chi connectivity index (χ1) is 10.4. The Balaban J connectivity index is 2.19. The molecule has 0 bridgehead atoms. The molecule has 6 nitrogen and oxygen atoms in total. The van der Waals surface area contributed by atoms with E-state index in [-0.39, 0.29) is 24.1 Å². The van der Waals surface area contributed by atoms with Crippen molar-refractivity contribution in [1.29, 1.82) is 0 Å². The van der Waals surface area contributed by atoms with E-state index in [1.165, 1.54) is 24.6 Å². The van der Waals surface area contributed by atoms with Gasteiger partial charge in [0.05, 0.1) is 6.61 Å². The van der Waals surface area contributed by atoms with Crippen LogP contribution in [0.1, 0.15) is 32.6 Å². The highest BCUT2D eigenvalue weighted by Gasteiger charge is 2.22. The molecule has 0 aromatic carbocycles. The number of carbonyl (C=O) groups excluding carboxylic acids is 3. The lowest BCUT2D eigenvalue weighted by molar-refractivity contribution is -0.137. The van der Waals surface area contributed by atoms with Crippen LogP contribution in [0.4, 0.5) is 0 Å². The van der Waals surface area contributed by atoms with Crippen LogP contribution in [0.3, 0.4) is 0 Å². The van der Waals surface area contributed by atoms with E-state index < -0.39 is 7.37 Å². The Morgan fingerprint density at radius 1 is 1.27 bits per heavy atom. The van der Waals surface area contributed by atoms with Crippen LogP contribution in [0.15, 0.2) is 24.0 Å². The van der Waals surface area contributed by atoms with Crippen LogP contribution in [0.25, 0.3) is 0 Å². The minimum absolute atomic E-state index is 0.0547. The fraction of sp³-hybridized carbons (Fsp3) is 0.533. The van der Waals surface area contributed by atoms with Crippen LogP contribution in [0, 0.1) is 0 Å². The lowest BCUT2D eigenvalue weighted by Gasteiger charge is -2.12. The molecule has 0 aromatic rings. The third-order valence-corrected chi connectivity index (χ3v) is 4.61. The molecule has 0 saturated heterocycles. The van der Waals surface area contributed by atoms with Gasteiger partial charge in [0.15, 0.2) is 0 Å². The summed E-state index contributed by atoms with van der Waals surface area (Å²) in [4.78, 5) is 35.4. The molecule has 122 valence electrons. The Hall–Kier alpha value is -1.52. The molecular formula is C15H22NO5P. The quantitative estimate of drug-likeness (QED) is 0.455. The van der Waals surface area contributed by atoms with E-state index in [1.54, 1.807) is 13.0 Å². The normalized spacial score (nSPS) is 17.5. The number of carbonyl (C=O) groups is 3. The summed E-state index contributed by atoms with van der Waals surface area (Å²) in [7, 11) is -2.68. The highest BCUT2D eigenvalue weighted by atomic mass is 31.2. The van der Waals surface area contributed by atoms with Crippen molar-refractivity contribution in [1.82, 2.24) is 4.90 Å². The minimum atomic E-state index is -2.68. The van der Waals surface area contributed by atoms with Crippen molar-refractivity contribution in [2.45, 2.75) is 32.6 Å². The van der Waals surface area contributed by atoms with Gasteiger partial charge in [-0.25, -0.2) is 0 Å². The lowest BCUT2D eigenvalue weighted by atomic mass is 10.1. The van der Waals surface area contributed by atoms with Crippen LogP contribution < -0.4 is 0 Å². The zero-order valence-corrected chi connectivity index (χ0v) is 13.9. The van der Waals surface area contributed by atoms with Crippen molar-refractivity contribution < 1.29 is 23.5 Å². The van der Waals surface area contributed by atoms with E-state index in [0.717, 1.165) is 4.90 Å². The number of hydrogen-bond acceptors (Lipinski definition) is 5. The monoisotopic (exact) mass is 327 g/mol. The number of Topliss-reactive ketones (excluding diaryl/α,β-unsaturated/α-hetero) is 1. The second-order valence-corrected chi connectivity index (χ2v) is 7.43. The topological polar surface area (TPSA) is 80.8 Å². The van der Waals surface area contributed by atoms with Crippen LogP contribution in [0.2, 0.25) is 0 Å². The molecule has 0 aromatic heterocycles. The second-order valence-electron chi connectivity index (χ2n) is 5.05. The highest BCUT2D eigenvalue weighted by molar-refractivity contribution is 7.61. The maximum atomic E-state index is 11.8. The maximum absolute atomic E-state index is 11.8. The third kappa shape index (κ3) is 6.50. The van der Waals surface area contributed by atoms with Gasteiger partial charge in [0, 0.05) is 38.2 Å². The van der Waals surface area contributed by atoms with Gasteiger partial charge in [0.2, 0.25) is 7.37 Å². The van der Waals surface area contributed by atoms with E-state index in [9.17, 15) is 18.9 Å². The zero-order valence-electron chi connectivity index (χ0n) is 13.0. The summed E-state index contributed by atoms with van der Waals surface area (Å²) in [5.41, 5.74) is 0. The Bertz CT molecular complexity index is 520. The van der Waals surface area contributed by atoms with Crippen molar-refractivity contribution in [3.63, 3.8) is 0 Å². The standard InChI is InChI=1S/C15H22NO5P/c1-3-21-22(2,20)12-5-4-7-13(17)8-6-11-16-14(18)9-10-15(16)19/h5,9-10,12H,3-4,6-8,11H2,1-2H3/b12-5+. The Labute approximate surface area is 130 Å². The molecule has 1 rings (SSSR count). The number of amides is 2. The smallest absolute Gasteiger partial charge is 0.253 e. The summed E-state index contributed by atoms with van der Waals surface area (Å²) in [6.45, 7) is 3.96. The van der Waals surface area contributed by atoms with Crippen LogP contribution in [0.5, 0.6) is 0 Å². The number of allylic oxidation sites excluding steroid dienone is 1. The van der Waals surface area contributed by atoms with Gasteiger partial charge in [-0.05, 0) is 25.6 Å². The van der Waals surface area contributed by atoms with Gasteiger partial charge in [-0.3, -0.25) is 23.8 Å². The molecule has 7 heteroatoms. The summed E-state index contributed by atoms with van der Waals surface area (Å²) < 4.78 is 16.9. The number of nitrogens with zero attached hydrogens (tertiary/aromatic N) is 1. The van der Waals surface area contributed by atoms with E-state index in [4.69, 9.17) is 4.52 Å². The molecule has 1 unspecified atom stereocenters. The average molecular weight is 327 g/mol. The summed E-state index contributed by atoms with van der Waals surface area (Å²) in [6.07, 6.45) is 5.81. The van der Waals surface area contributed by atoms with Crippen LogP contribution in [-0.2, 0) is 23.5 Å². The molecule has 0 saturated carbocycles. The number of imide groups is 1. The molecule has 0 fully saturated rings. The molecular weight excluding hydrogens is 305 g/mol. The highest BCUT2D eigenvalue weighted by Crippen LogP contribution is 2.43. The predicted molar refractivity (Wildman–Crippen MR) is 83.6 cm³/mol. The third-order valence-electron chi connectivity index (χ3n) is 3.09. The molecule has 22 heavy (non-hydrogen) atoms. The molecule has 2 amide bonds. The first kappa shape index (κ1) is 18.5. The van der Waals surface area contributed by atoms with Crippen molar-refractivity contribution in [3.05, 3.63) is 24.0 Å². The average Bonchev–Trinajstić information content (AvgIpc) is 2.75. The maximum Gasteiger partial charge on any atom is 0.253 e. The van der Waals surface area contributed by atoms with E-state index >= 15 is 0 Å². The summed E-state index contributed by atoms with van der Waals surface area (Å²) in [6, 6.07) is 0. The van der Waals surface area contributed by atoms with Crippen LogP contribution >= 0.6 is 7.37 Å². The van der Waals surface area contributed by atoms with Gasteiger partial charge in [-0.15, -0.1) is 0 Å². The Kier molecular flexibility index (Phi) is 7.42. The van der Waals surface area contributed by atoms with Crippen molar-refractivity contribution in [2.24, 2.45) is 0 Å². The summed E-state index contributed by atoms with van der Waals surface area (Å²) in [5.74, 6) is 0.931. The molecule has 0 spiro atoms. The molecule has 1 atom stereocenters. The zero-order chi connectivity index (χ0) is 16.6. The molecule has 1 aliphatic heterocycles. The summed E-state index contributed by atoms with van der Waals surface area (Å²) in [5, 5.41) is 0. The number of ketones is 1. The van der Waals surface area contributed by atoms with Gasteiger partial charge >= 0.3 is 0 Å². The second kappa shape index (κ2) is 8.81. The van der Waals surface area contributed by atoms with Gasteiger partial charge in [-0.1, -0.05) is 6.08 Å². The van der Waals surface area contributed by atoms with E-state index in [0.29, 0.717) is 32.3 Å². The van der Waals surface area contributed by atoms with Gasteiger partial charge in [0.25, 0.3) is 11.8 Å². The Morgan fingerprint density at radius 2 is 1.91 bits per heavy atom. The van der Waals surface area contributed by atoms with Gasteiger partial charge in [0.1, 0.15) is 5.78 Å². The van der Waals surface area contributed by atoms with E-state index in [1.807, 2.05) is 0 Å². The fourth-order valence-corrected chi connectivity index (χ4v) is 3.15. The largest absolute Gasteiger partial charge is 0.326 e. The Morgan fingerprint density at radius 3 is 2.50 bits per heavy atom. The van der Waals surface area contributed by atoms with Gasteiger partial charge < -0.3 is 4.52 Å². The SMILES string of the molecule is CCOP(C)(=O)/C=C/CCC(=O)CCCN1C(=O)C=CC1=O. The first-order valence-electron chi connectivity index (χ1n) is 7.30. The van der Waals surface area contributed by atoms with Gasteiger partial charge in [-0.2, -0.15) is 0 Å². The lowest BCUT2D eigenvalue weighted by Crippen LogP contribution is -2.31. The summed E-state index contributed by atoms with van der Waals surface area (Å²) >= 11 is 0.